The second-order valence-corrected chi connectivity index (χ2v) is 7.79. The Morgan fingerprint density at radius 3 is 2.68 bits per heavy atom. The molecule has 2 unspecified atom stereocenters. The summed E-state index contributed by atoms with van der Waals surface area (Å²) in [5, 5.41) is 9.93. The quantitative estimate of drug-likeness (QED) is 0.759. The molecule has 1 amide bonds. The summed E-state index contributed by atoms with van der Waals surface area (Å²) < 4.78 is 12.8. The number of carbonyl (C=O) groups excluding carboxylic acids is 1. The van der Waals surface area contributed by atoms with E-state index in [9.17, 15) is 9.00 Å². The maximum atomic E-state index is 12.8. The minimum atomic E-state index is -1.20. The number of rotatable bonds is 2. The molecule has 0 saturated carbocycles. The summed E-state index contributed by atoms with van der Waals surface area (Å²) in [6.07, 6.45) is 0.488. The van der Waals surface area contributed by atoms with Gasteiger partial charge in [-0.15, -0.1) is 0 Å². The van der Waals surface area contributed by atoms with Gasteiger partial charge >= 0.3 is 0 Å². The molecule has 2 aliphatic heterocycles. The van der Waals surface area contributed by atoms with E-state index in [0.29, 0.717) is 6.42 Å². The zero-order valence-electron chi connectivity index (χ0n) is 11.5. The Morgan fingerprint density at radius 2 is 1.91 bits per heavy atom. The Kier molecular flexibility index (Phi) is 3.16. The standard InChI is InChI=1S/C16H12N2O2S2/c17-16-18-15(19)12(21-16)8-9-4-3-6-11-10-5-1-2-7-13(10)22(20)14(9)11/h1-7,12H,8H2,(H2,17,18,19). The van der Waals surface area contributed by atoms with E-state index in [1.54, 1.807) is 0 Å². The first-order valence-electron chi connectivity index (χ1n) is 6.84. The third kappa shape index (κ3) is 2.02. The van der Waals surface area contributed by atoms with Crippen LogP contribution in [0.2, 0.25) is 0 Å². The largest absolute Gasteiger partial charge is 0.305 e. The van der Waals surface area contributed by atoms with Crippen molar-refractivity contribution >= 4 is 33.6 Å². The van der Waals surface area contributed by atoms with Gasteiger partial charge in [-0.1, -0.05) is 48.2 Å². The predicted molar refractivity (Wildman–Crippen MR) is 87.5 cm³/mol. The molecule has 22 heavy (non-hydrogen) atoms. The van der Waals surface area contributed by atoms with E-state index in [-0.39, 0.29) is 16.3 Å². The van der Waals surface area contributed by atoms with Crippen LogP contribution in [0.4, 0.5) is 0 Å². The van der Waals surface area contributed by atoms with Gasteiger partial charge < -0.3 is 5.32 Å². The van der Waals surface area contributed by atoms with Gasteiger partial charge in [-0.3, -0.25) is 10.2 Å². The molecular formula is C16H12N2O2S2. The van der Waals surface area contributed by atoms with Crippen molar-refractivity contribution in [3.05, 3.63) is 48.0 Å². The van der Waals surface area contributed by atoms with Gasteiger partial charge in [0, 0.05) is 0 Å². The van der Waals surface area contributed by atoms with E-state index in [2.05, 4.69) is 5.32 Å². The number of carbonyl (C=O) groups is 1. The predicted octanol–water partition coefficient (Wildman–Crippen LogP) is 2.54. The first kappa shape index (κ1) is 13.7. The van der Waals surface area contributed by atoms with Crippen molar-refractivity contribution in [3.8, 4) is 11.1 Å². The SMILES string of the molecule is N=C1NC(=O)C(Cc2cccc3c2S(=O)c2ccccc2-3)S1. The number of benzene rings is 2. The zero-order chi connectivity index (χ0) is 15.3. The van der Waals surface area contributed by atoms with E-state index in [1.165, 1.54) is 11.8 Å². The summed E-state index contributed by atoms with van der Waals surface area (Å²) in [7, 11) is -1.20. The van der Waals surface area contributed by atoms with Crippen molar-refractivity contribution in [1.82, 2.24) is 5.32 Å². The molecular weight excluding hydrogens is 316 g/mol. The lowest BCUT2D eigenvalue weighted by atomic mass is 10.0. The molecule has 1 saturated heterocycles. The molecule has 2 heterocycles. The van der Waals surface area contributed by atoms with Gasteiger partial charge in [0.2, 0.25) is 5.91 Å². The zero-order valence-corrected chi connectivity index (χ0v) is 13.1. The van der Waals surface area contributed by atoms with Crippen LogP contribution >= 0.6 is 11.8 Å². The van der Waals surface area contributed by atoms with E-state index in [1.807, 2.05) is 42.5 Å². The van der Waals surface area contributed by atoms with Crippen molar-refractivity contribution in [2.24, 2.45) is 0 Å². The fraction of sp³-hybridized carbons (Fsp3) is 0.125. The number of fused-ring (bicyclic) bond motifs is 3. The Labute approximate surface area is 134 Å². The molecule has 0 spiro atoms. The summed E-state index contributed by atoms with van der Waals surface area (Å²) in [6.45, 7) is 0. The van der Waals surface area contributed by atoms with Crippen LogP contribution in [0.15, 0.2) is 52.3 Å². The Balaban J connectivity index is 1.77. The molecule has 0 aromatic heterocycles. The number of nitrogens with one attached hydrogen (secondary N) is 2. The lowest BCUT2D eigenvalue weighted by Crippen LogP contribution is -2.25. The van der Waals surface area contributed by atoms with Gasteiger partial charge in [0.05, 0.1) is 25.8 Å². The Hall–Kier alpha value is -1.92. The van der Waals surface area contributed by atoms with E-state index in [0.717, 1.165) is 26.5 Å². The van der Waals surface area contributed by atoms with Crippen molar-refractivity contribution in [2.45, 2.75) is 21.5 Å². The third-order valence-electron chi connectivity index (χ3n) is 3.85. The molecule has 0 radical (unpaired) electrons. The summed E-state index contributed by atoms with van der Waals surface area (Å²) in [5.74, 6) is -0.145. The Morgan fingerprint density at radius 1 is 1.14 bits per heavy atom. The maximum absolute atomic E-state index is 12.8. The number of hydrogen-bond donors (Lipinski definition) is 2. The van der Waals surface area contributed by atoms with E-state index < -0.39 is 10.8 Å². The number of amides is 1. The van der Waals surface area contributed by atoms with Crippen LogP contribution in [0.3, 0.4) is 0 Å². The molecule has 4 nitrogen and oxygen atoms in total. The second kappa shape index (κ2) is 5.07. The van der Waals surface area contributed by atoms with Gasteiger partial charge in [0.15, 0.2) is 5.17 Å². The monoisotopic (exact) mass is 328 g/mol. The van der Waals surface area contributed by atoms with Crippen LogP contribution < -0.4 is 5.32 Å². The second-order valence-electron chi connectivity index (χ2n) is 5.19. The summed E-state index contributed by atoms with van der Waals surface area (Å²) >= 11 is 1.22. The van der Waals surface area contributed by atoms with E-state index >= 15 is 0 Å². The molecule has 6 heteroatoms. The molecule has 1 fully saturated rings. The van der Waals surface area contributed by atoms with Crippen LogP contribution in [0.5, 0.6) is 0 Å². The molecule has 0 bridgehead atoms. The number of thioether (sulfide) groups is 1. The molecule has 0 aliphatic carbocycles. The highest BCUT2D eigenvalue weighted by Crippen LogP contribution is 2.42. The van der Waals surface area contributed by atoms with Gasteiger partial charge in [0.1, 0.15) is 0 Å². The molecule has 2 aliphatic rings. The Bertz CT molecular complexity index is 848. The van der Waals surface area contributed by atoms with Crippen molar-refractivity contribution < 1.29 is 9.00 Å². The first-order chi connectivity index (χ1) is 10.6. The highest BCUT2D eigenvalue weighted by molar-refractivity contribution is 8.15. The van der Waals surface area contributed by atoms with E-state index in [4.69, 9.17) is 5.41 Å². The van der Waals surface area contributed by atoms with Gasteiger partial charge in [-0.05, 0) is 29.2 Å². The minimum absolute atomic E-state index is 0.145. The van der Waals surface area contributed by atoms with Crippen molar-refractivity contribution in [2.75, 3.05) is 0 Å². The molecule has 2 atom stereocenters. The summed E-state index contributed by atoms with van der Waals surface area (Å²) in [6, 6.07) is 13.6. The maximum Gasteiger partial charge on any atom is 0.239 e. The van der Waals surface area contributed by atoms with Crippen LogP contribution in [0.25, 0.3) is 11.1 Å². The fourth-order valence-electron chi connectivity index (χ4n) is 2.89. The van der Waals surface area contributed by atoms with Crippen molar-refractivity contribution in [1.29, 1.82) is 5.41 Å². The smallest absolute Gasteiger partial charge is 0.239 e. The fourth-order valence-corrected chi connectivity index (χ4v) is 5.33. The first-order valence-corrected chi connectivity index (χ1v) is 8.87. The highest BCUT2D eigenvalue weighted by Gasteiger charge is 2.33. The molecule has 2 aromatic rings. The van der Waals surface area contributed by atoms with Gasteiger partial charge in [-0.2, -0.15) is 0 Å². The van der Waals surface area contributed by atoms with Crippen LogP contribution in [-0.4, -0.2) is 20.5 Å². The summed E-state index contributed by atoms with van der Waals surface area (Å²) in [4.78, 5) is 13.5. The third-order valence-corrected chi connectivity index (χ3v) is 6.46. The van der Waals surface area contributed by atoms with Crippen LogP contribution in [-0.2, 0) is 22.0 Å². The molecule has 2 aromatic carbocycles. The van der Waals surface area contributed by atoms with Crippen LogP contribution in [0.1, 0.15) is 5.56 Å². The van der Waals surface area contributed by atoms with Gasteiger partial charge in [-0.25, -0.2) is 4.21 Å². The molecule has 2 N–H and O–H groups in total. The van der Waals surface area contributed by atoms with Gasteiger partial charge in [0.25, 0.3) is 0 Å². The lowest BCUT2D eigenvalue weighted by Gasteiger charge is -2.10. The minimum Gasteiger partial charge on any atom is -0.305 e. The number of hydrogen-bond acceptors (Lipinski definition) is 4. The van der Waals surface area contributed by atoms with Crippen molar-refractivity contribution in [3.63, 3.8) is 0 Å². The lowest BCUT2D eigenvalue weighted by molar-refractivity contribution is -0.118. The topological polar surface area (TPSA) is 70.0 Å². The number of amidine groups is 1. The summed E-state index contributed by atoms with van der Waals surface area (Å²) in [5.41, 5.74) is 2.92. The van der Waals surface area contributed by atoms with Crippen LogP contribution in [0, 0.1) is 5.41 Å². The molecule has 4 rings (SSSR count). The normalized spacial score (nSPS) is 22.4. The molecule has 110 valence electrons. The highest BCUT2D eigenvalue weighted by atomic mass is 32.2. The average Bonchev–Trinajstić information content (AvgIpc) is 2.98. The average molecular weight is 328 g/mol.